The number of nitrogens with one attached hydrogen (secondary N) is 1. The predicted molar refractivity (Wildman–Crippen MR) is 51.6 cm³/mol. The van der Waals surface area contributed by atoms with Gasteiger partial charge in [0.05, 0.1) is 12.6 Å². The molecule has 1 fully saturated rings. The van der Waals surface area contributed by atoms with E-state index < -0.39 is 0 Å². The number of ether oxygens (including phenoxy) is 1. The first kappa shape index (κ1) is 8.81. The first-order valence-electron chi connectivity index (χ1n) is 3.47. The summed E-state index contributed by atoms with van der Waals surface area (Å²) in [6, 6.07) is 0.252. The molecule has 0 aromatic carbocycles. The molecule has 0 spiro atoms. The molecule has 1 atom stereocenters. The summed E-state index contributed by atoms with van der Waals surface area (Å²) in [5.41, 5.74) is 0.111. The quantitative estimate of drug-likeness (QED) is 0.549. The molecule has 0 aromatic rings. The Labute approximate surface area is 76.2 Å². The third-order valence-electron chi connectivity index (χ3n) is 1.81. The molecule has 1 radical (unpaired) electrons. The van der Waals surface area contributed by atoms with Gasteiger partial charge >= 0.3 is 0 Å². The van der Waals surface area contributed by atoms with Gasteiger partial charge in [-0.2, -0.15) is 22.4 Å². The molecule has 1 aliphatic heterocycles. The molecule has 0 amide bonds. The van der Waals surface area contributed by atoms with Gasteiger partial charge in [-0.15, -0.1) is 0 Å². The Bertz CT molecular complexity index is 120. The highest BCUT2D eigenvalue weighted by Crippen LogP contribution is 2.16. The molecule has 57 valence electrons. The lowest BCUT2D eigenvalue weighted by atomic mass is 9.81. The third-order valence-corrected chi connectivity index (χ3v) is 2.46. The van der Waals surface area contributed by atoms with Crippen molar-refractivity contribution in [3.63, 3.8) is 0 Å². The van der Waals surface area contributed by atoms with Crippen molar-refractivity contribution in [1.29, 1.82) is 0 Å². The molecular formula is C6H12BINO. The van der Waals surface area contributed by atoms with Crippen molar-refractivity contribution in [2.45, 2.75) is 25.4 Å². The maximum Gasteiger partial charge on any atom is 0.238 e. The lowest BCUT2D eigenvalue weighted by Gasteiger charge is -2.38. The van der Waals surface area contributed by atoms with Crippen LogP contribution < -0.4 is 5.32 Å². The summed E-state index contributed by atoms with van der Waals surface area (Å²) in [5, 5.41) is 5.47. The Hall–Kier alpha value is 0.715. The molecule has 0 saturated carbocycles. The zero-order valence-corrected chi connectivity index (χ0v) is 8.51. The lowest BCUT2D eigenvalue weighted by Crippen LogP contribution is -2.57. The van der Waals surface area contributed by atoms with Crippen LogP contribution in [0, 0.1) is 0 Å². The number of hydrogen-bond acceptors (Lipinski definition) is 2. The zero-order valence-electron chi connectivity index (χ0n) is 6.36. The topological polar surface area (TPSA) is 21.3 Å². The fourth-order valence-corrected chi connectivity index (χ4v) is 2.17. The second-order valence-corrected chi connectivity index (χ2v) is 3.79. The molecule has 0 aromatic heterocycles. The highest BCUT2D eigenvalue weighted by molar-refractivity contribution is 14.1. The van der Waals surface area contributed by atoms with Gasteiger partial charge in [-0.05, 0) is 13.8 Å². The van der Waals surface area contributed by atoms with E-state index in [-0.39, 0.29) is 11.5 Å². The maximum absolute atomic E-state index is 5.52. The van der Waals surface area contributed by atoms with E-state index in [1.54, 1.807) is 0 Å². The summed E-state index contributed by atoms with van der Waals surface area (Å²) < 4.78 is 5.52. The van der Waals surface area contributed by atoms with E-state index in [0.29, 0.717) is 0 Å². The monoisotopic (exact) mass is 252 g/mol. The van der Waals surface area contributed by atoms with E-state index in [0.717, 1.165) is 13.2 Å². The average Bonchev–Trinajstić information content (AvgIpc) is 1.87. The van der Waals surface area contributed by atoms with Crippen molar-refractivity contribution >= 4 is 27.5 Å². The van der Waals surface area contributed by atoms with Crippen molar-refractivity contribution < 1.29 is 4.74 Å². The predicted octanol–water partition coefficient (Wildman–Crippen LogP) is 0.765. The minimum Gasteiger partial charge on any atom is -0.383 e. The van der Waals surface area contributed by atoms with Gasteiger partial charge in [0.2, 0.25) is 5.14 Å². The Kier molecular flexibility index (Phi) is 3.00. The maximum atomic E-state index is 5.52. The fraction of sp³-hybridized carbons (Fsp3) is 1.00. The minimum absolute atomic E-state index is 0.111. The molecular weight excluding hydrogens is 240 g/mol. The summed E-state index contributed by atoms with van der Waals surface area (Å²) >= 11 is 2.24. The van der Waals surface area contributed by atoms with Crippen LogP contribution in [0.2, 0.25) is 0 Å². The molecule has 1 N–H and O–H groups in total. The van der Waals surface area contributed by atoms with Crippen molar-refractivity contribution in [1.82, 2.24) is 5.32 Å². The summed E-state index contributed by atoms with van der Waals surface area (Å²) in [6.45, 7) is 6.11. The van der Waals surface area contributed by atoms with Crippen molar-refractivity contribution in [2.24, 2.45) is 0 Å². The van der Waals surface area contributed by atoms with Crippen LogP contribution in [-0.2, 0) is 4.74 Å². The first-order chi connectivity index (χ1) is 4.67. The molecule has 4 heteroatoms. The van der Waals surface area contributed by atoms with Crippen LogP contribution in [0.5, 0.6) is 0 Å². The molecule has 1 aliphatic rings. The summed E-state index contributed by atoms with van der Waals surface area (Å²) in [5.74, 6) is 0. The number of morpholine rings is 1. The van der Waals surface area contributed by atoms with Gasteiger partial charge in [-0.1, -0.05) is 0 Å². The molecule has 1 rings (SSSR count). The molecule has 0 bridgehead atoms. The summed E-state index contributed by atoms with van der Waals surface area (Å²) in [4.78, 5) is 0. The van der Waals surface area contributed by atoms with Crippen LogP contribution in [0.4, 0.5) is 0 Å². The number of halogens is 1. The second-order valence-electron chi connectivity index (χ2n) is 3.07. The van der Waals surface area contributed by atoms with E-state index in [1.165, 1.54) is 0 Å². The van der Waals surface area contributed by atoms with Crippen LogP contribution in [0.3, 0.4) is 0 Å². The van der Waals surface area contributed by atoms with E-state index >= 15 is 0 Å². The van der Waals surface area contributed by atoms with Gasteiger partial charge in [-0.3, -0.25) is 0 Å². The van der Waals surface area contributed by atoms with E-state index in [1.807, 2.05) is 0 Å². The summed E-state index contributed by atoms with van der Waals surface area (Å²) in [6.07, 6.45) is 0. The minimum atomic E-state index is 0.111. The third kappa shape index (κ3) is 1.86. The Morgan fingerprint density at radius 2 is 2.40 bits per heavy atom. The van der Waals surface area contributed by atoms with Gasteiger partial charge in [-0.25, -0.2) is 0 Å². The molecule has 1 heterocycles. The standard InChI is InChI=1S/C6H12BINO/c1-6(2)5(7-8)10-4-3-9-6/h5,9H,3-4H2,1-2H3/t5-/m1/s1. The SMILES string of the molecule is CC1(C)NCCO[C@H]1[B]I. The molecule has 1 saturated heterocycles. The largest absolute Gasteiger partial charge is 0.383 e. The normalized spacial score (nSPS) is 31.7. The van der Waals surface area contributed by atoms with E-state index in [2.05, 4.69) is 46.7 Å². The van der Waals surface area contributed by atoms with Crippen LogP contribution in [-0.4, -0.2) is 29.8 Å². The molecule has 0 aliphatic carbocycles. The highest BCUT2D eigenvalue weighted by Gasteiger charge is 2.32. The Morgan fingerprint density at radius 1 is 1.70 bits per heavy atom. The number of hydrogen-bond donors (Lipinski definition) is 1. The van der Waals surface area contributed by atoms with Crippen molar-refractivity contribution in [2.75, 3.05) is 13.2 Å². The van der Waals surface area contributed by atoms with Crippen LogP contribution in [0.15, 0.2) is 0 Å². The van der Waals surface area contributed by atoms with Crippen LogP contribution in [0.1, 0.15) is 13.8 Å². The van der Waals surface area contributed by atoms with Gasteiger partial charge in [0, 0.05) is 12.1 Å². The van der Waals surface area contributed by atoms with Gasteiger partial charge in [0.1, 0.15) is 0 Å². The van der Waals surface area contributed by atoms with Gasteiger partial charge < -0.3 is 10.1 Å². The number of rotatable bonds is 1. The van der Waals surface area contributed by atoms with E-state index in [9.17, 15) is 0 Å². The fourth-order valence-electron chi connectivity index (χ4n) is 1.06. The van der Waals surface area contributed by atoms with E-state index in [4.69, 9.17) is 4.74 Å². The molecule has 2 nitrogen and oxygen atoms in total. The highest BCUT2D eigenvalue weighted by atomic mass is 127. The van der Waals surface area contributed by atoms with Gasteiger partial charge in [0.15, 0.2) is 0 Å². The van der Waals surface area contributed by atoms with Crippen molar-refractivity contribution in [3.8, 4) is 0 Å². The lowest BCUT2D eigenvalue weighted by molar-refractivity contribution is 0.0133. The molecule has 0 unspecified atom stereocenters. The first-order valence-corrected chi connectivity index (χ1v) is 4.71. The zero-order chi connectivity index (χ0) is 7.61. The Morgan fingerprint density at radius 3 is 2.80 bits per heavy atom. The smallest absolute Gasteiger partial charge is 0.238 e. The Balaban J connectivity index is 2.51. The van der Waals surface area contributed by atoms with Crippen LogP contribution in [0.25, 0.3) is 0 Å². The van der Waals surface area contributed by atoms with Gasteiger partial charge in [0.25, 0.3) is 0 Å². The van der Waals surface area contributed by atoms with Crippen molar-refractivity contribution in [3.05, 3.63) is 0 Å². The molecule has 10 heavy (non-hydrogen) atoms. The second kappa shape index (κ2) is 3.41. The summed E-state index contributed by atoms with van der Waals surface area (Å²) in [7, 11) is 0. The van der Waals surface area contributed by atoms with Crippen LogP contribution >= 0.6 is 22.4 Å². The average molecular weight is 252 g/mol.